The van der Waals surface area contributed by atoms with Gasteiger partial charge in [0.15, 0.2) is 11.5 Å². The van der Waals surface area contributed by atoms with Gasteiger partial charge in [0.05, 0.1) is 21.3 Å². The number of nitrogens with zero attached hydrogens (tertiary/aromatic N) is 2. The Morgan fingerprint density at radius 3 is 2.15 bits per heavy atom. The third-order valence-electron chi connectivity index (χ3n) is 5.26. The molecule has 3 rings (SSSR count). The second-order valence-corrected chi connectivity index (χ2v) is 7.05. The second-order valence-electron chi connectivity index (χ2n) is 7.05. The largest absolute Gasteiger partial charge is 0.493 e. The van der Waals surface area contributed by atoms with Gasteiger partial charge in [-0.1, -0.05) is 18.2 Å². The first-order valence-corrected chi connectivity index (χ1v) is 9.39. The van der Waals surface area contributed by atoms with Gasteiger partial charge in [-0.25, -0.2) is 0 Å². The molecule has 5 nitrogen and oxygen atoms in total. The number of anilines is 1. The Morgan fingerprint density at radius 2 is 1.52 bits per heavy atom. The highest BCUT2D eigenvalue weighted by Gasteiger charge is 2.22. The van der Waals surface area contributed by atoms with Gasteiger partial charge >= 0.3 is 0 Å². The molecule has 2 aromatic carbocycles. The van der Waals surface area contributed by atoms with Gasteiger partial charge in [-0.05, 0) is 37.1 Å². The van der Waals surface area contributed by atoms with E-state index in [1.807, 2.05) is 6.07 Å². The number of benzene rings is 2. The van der Waals surface area contributed by atoms with Gasteiger partial charge in [0, 0.05) is 44.0 Å². The fourth-order valence-electron chi connectivity index (χ4n) is 3.74. The third kappa shape index (κ3) is 4.14. The summed E-state index contributed by atoms with van der Waals surface area (Å²) in [4.78, 5) is 4.95. The zero-order chi connectivity index (χ0) is 19.4. The SMILES string of the molecule is COc1ccc(CN2CCN(c3cc(C)ccc3C)CC2)c(OC)c1OC. The van der Waals surface area contributed by atoms with E-state index >= 15 is 0 Å². The molecule has 1 heterocycles. The number of hydrogen-bond acceptors (Lipinski definition) is 5. The van der Waals surface area contributed by atoms with Crippen molar-refractivity contribution in [1.29, 1.82) is 0 Å². The fraction of sp³-hybridized carbons (Fsp3) is 0.455. The summed E-state index contributed by atoms with van der Waals surface area (Å²) in [6, 6.07) is 10.7. The molecule has 0 aliphatic carbocycles. The molecule has 5 heteroatoms. The molecule has 0 aromatic heterocycles. The van der Waals surface area contributed by atoms with Crippen molar-refractivity contribution in [3.8, 4) is 17.2 Å². The minimum atomic E-state index is 0.659. The van der Waals surface area contributed by atoms with E-state index in [4.69, 9.17) is 14.2 Å². The summed E-state index contributed by atoms with van der Waals surface area (Å²) in [5.41, 5.74) is 5.14. The maximum absolute atomic E-state index is 5.63. The van der Waals surface area contributed by atoms with Crippen LogP contribution in [0.25, 0.3) is 0 Å². The van der Waals surface area contributed by atoms with E-state index in [0.29, 0.717) is 11.5 Å². The minimum absolute atomic E-state index is 0.659. The first-order chi connectivity index (χ1) is 13.1. The van der Waals surface area contributed by atoms with Gasteiger partial charge in [-0.15, -0.1) is 0 Å². The molecular weight excluding hydrogens is 340 g/mol. The molecule has 27 heavy (non-hydrogen) atoms. The highest BCUT2D eigenvalue weighted by molar-refractivity contribution is 5.56. The molecule has 0 N–H and O–H groups in total. The highest BCUT2D eigenvalue weighted by atomic mass is 16.5. The van der Waals surface area contributed by atoms with Crippen molar-refractivity contribution in [3.63, 3.8) is 0 Å². The molecule has 0 bridgehead atoms. The van der Waals surface area contributed by atoms with Crippen molar-refractivity contribution < 1.29 is 14.2 Å². The molecule has 146 valence electrons. The summed E-state index contributed by atoms with van der Waals surface area (Å²) in [6.45, 7) is 9.28. The maximum Gasteiger partial charge on any atom is 0.203 e. The lowest BCUT2D eigenvalue weighted by Gasteiger charge is -2.37. The van der Waals surface area contributed by atoms with E-state index in [1.54, 1.807) is 21.3 Å². The van der Waals surface area contributed by atoms with Crippen LogP contribution in [0.1, 0.15) is 16.7 Å². The van der Waals surface area contributed by atoms with Gasteiger partial charge in [0.25, 0.3) is 0 Å². The first-order valence-electron chi connectivity index (χ1n) is 9.39. The Morgan fingerprint density at radius 1 is 0.815 bits per heavy atom. The van der Waals surface area contributed by atoms with E-state index in [9.17, 15) is 0 Å². The molecule has 1 fully saturated rings. The highest BCUT2D eigenvalue weighted by Crippen LogP contribution is 2.40. The van der Waals surface area contributed by atoms with E-state index in [-0.39, 0.29) is 0 Å². The fourth-order valence-corrected chi connectivity index (χ4v) is 3.74. The van der Waals surface area contributed by atoms with Crippen LogP contribution in [-0.4, -0.2) is 52.4 Å². The number of aryl methyl sites for hydroxylation is 2. The van der Waals surface area contributed by atoms with Crippen LogP contribution in [0.15, 0.2) is 30.3 Å². The second kappa shape index (κ2) is 8.53. The summed E-state index contributed by atoms with van der Waals surface area (Å²) >= 11 is 0. The van der Waals surface area contributed by atoms with Crippen LogP contribution < -0.4 is 19.1 Å². The number of hydrogen-bond donors (Lipinski definition) is 0. The zero-order valence-electron chi connectivity index (χ0n) is 17.0. The average molecular weight is 370 g/mol. The molecule has 1 aliphatic rings. The predicted octanol–water partition coefficient (Wildman–Crippen LogP) is 3.65. The van der Waals surface area contributed by atoms with Gasteiger partial charge < -0.3 is 19.1 Å². The molecule has 2 aromatic rings. The monoisotopic (exact) mass is 370 g/mol. The van der Waals surface area contributed by atoms with Crippen LogP contribution in [0.2, 0.25) is 0 Å². The Hall–Kier alpha value is -2.40. The van der Waals surface area contributed by atoms with Crippen molar-refractivity contribution in [2.45, 2.75) is 20.4 Å². The predicted molar refractivity (Wildman–Crippen MR) is 110 cm³/mol. The summed E-state index contributed by atoms with van der Waals surface area (Å²) in [6.07, 6.45) is 0. The van der Waals surface area contributed by atoms with Crippen molar-refractivity contribution in [3.05, 3.63) is 47.0 Å². The van der Waals surface area contributed by atoms with Gasteiger partial charge in [0.2, 0.25) is 5.75 Å². The van der Waals surface area contributed by atoms with E-state index in [0.717, 1.165) is 44.0 Å². The molecule has 1 saturated heterocycles. The van der Waals surface area contributed by atoms with Crippen LogP contribution >= 0.6 is 0 Å². The molecule has 0 unspecified atom stereocenters. The summed E-state index contributed by atoms with van der Waals surface area (Å²) in [5, 5.41) is 0. The standard InChI is InChI=1S/C22H30N2O3/c1-16-6-7-17(2)19(14-16)24-12-10-23(11-13-24)15-18-8-9-20(25-3)22(27-5)21(18)26-4/h6-9,14H,10-13,15H2,1-5H3. The number of rotatable bonds is 6. The maximum atomic E-state index is 5.63. The number of ether oxygens (including phenoxy) is 3. The Kier molecular flexibility index (Phi) is 6.11. The van der Waals surface area contributed by atoms with Crippen LogP contribution in [0.4, 0.5) is 5.69 Å². The number of piperazine rings is 1. The third-order valence-corrected chi connectivity index (χ3v) is 5.26. The van der Waals surface area contributed by atoms with Gasteiger partial charge in [-0.2, -0.15) is 0 Å². The van der Waals surface area contributed by atoms with Crippen molar-refractivity contribution in [2.24, 2.45) is 0 Å². The molecule has 0 saturated carbocycles. The molecule has 0 radical (unpaired) electrons. The first kappa shape index (κ1) is 19.4. The normalized spacial score (nSPS) is 14.9. The van der Waals surface area contributed by atoms with Gasteiger partial charge in [-0.3, -0.25) is 4.90 Å². The average Bonchev–Trinajstić information content (AvgIpc) is 2.70. The molecular formula is C22H30N2O3. The molecule has 0 atom stereocenters. The Labute approximate surface area is 162 Å². The quantitative estimate of drug-likeness (QED) is 0.775. The molecule has 1 aliphatic heterocycles. The summed E-state index contributed by atoms with van der Waals surface area (Å²) < 4.78 is 16.5. The van der Waals surface area contributed by atoms with Crippen molar-refractivity contribution in [2.75, 3.05) is 52.4 Å². The Balaban J connectivity index is 1.70. The van der Waals surface area contributed by atoms with Crippen molar-refractivity contribution >= 4 is 5.69 Å². The smallest absolute Gasteiger partial charge is 0.203 e. The lowest BCUT2D eigenvalue weighted by atomic mass is 10.1. The Bertz CT molecular complexity index is 783. The number of methoxy groups -OCH3 is 3. The lowest BCUT2D eigenvalue weighted by Crippen LogP contribution is -2.46. The van der Waals surface area contributed by atoms with Crippen LogP contribution in [-0.2, 0) is 6.54 Å². The van der Waals surface area contributed by atoms with E-state index in [1.165, 1.54) is 16.8 Å². The van der Waals surface area contributed by atoms with Crippen molar-refractivity contribution in [1.82, 2.24) is 4.90 Å². The van der Waals surface area contributed by atoms with Crippen LogP contribution in [0.5, 0.6) is 17.2 Å². The zero-order valence-corrected chi connectivity index (χ0v) is 17.0. The minimum Gasteiger partial charge on any atom is -0.493 e. The summed E-state index contributed by atoms with van der Waals surface area (Å²) in [5.74, 6) is 2.11. The molecule has 0 amide bonds. The lowest BCUT2D eigenvalue weighted by molar-refractivity contribution is 0.243. The van der Waals surface area contributed by atoms with Crippen LogP contribution in [0, 0.1) is 13.8 Å². The molecule has 0 spiro atoms. The topological polar surface area (TPSA) is 34.2 Å². The van der Waals surface area contributed by atoms with E-state index < -0.39 is 0 Å². The summed E-state index contributed by atoms with van der Waals surface area (Å²) in [7, 11) is 4.97. The van der Waals surface area contributed by atoms with E-state index in [2.05, 4.69) is 47.9 Å². The van der Waals surface area contributed by atoms with Crippen LogP contribution in [0.3, 0.4) is 0 Å². The van der Waals surface area contributed by atoms with Gasteiger partial charge in [0.1, 0.15) is 0 Å².